The van der Waals surface area contributed by atoms with Crippen molar-refractivity contribution in [1.82, 2.24) is 14.4 Å². The first kappa shape index (κ1) is 13.8. The highest BCUT2D eigenvalue weighted by Crippen LogP contribution is 2.08. The Morgan fingerprint density at radius 1 is 1.60 bits per heavy atom. The first-order valence-electron chi connectivity index (χ1n) is 6.37. The van der Waals surface area contributed by atoms with Crippen molar-refractivity contribution < 1.29 is 4.74 Å². The van der Waals surface area contributed by atoms with Crippen LogP contribution in [0, 0.1) is 12.5 Å². The number of ether oxygens (including phenoxy) is 1. The number of aryl methyl sites for hydroxylation is 1. The molecule has 0 atom stereocenters. The van der Waals surface area contributed by atoms with E-state index in [1.807, 2.05) is 23.0 Å². The maximum absolute atomic E-state index is 5.41. The summed E-state index contributed by atoms with van der Waals surface area (Å²) in [6.45, 7) is 5.99. The second-order valence-corrected chi connectivity index (χ2v) is 4.22. The number of aliphatic imine (C=N–C) groups is 1. The van der Waals surface area contributed by atoms with Gasteiger partial charge in [0.25, 0.3) is 0 Å². The number of fused-ring (bicyclic) bond motifs is 1. The topological polar surface area (TPSA) is 51.8 Å². The molecular weight excluding hydrogens is 252 g/mol. The Labute approximate surface area is 118 Å². The molecule has 2 rings (SSSR count). The third-order valence-electron chi connectivity index (χ3n) is 2.67. The van der Waals surface area contributed by atoms with Gasteiger partial charge < -0.3 is 4.74 Å². The van der Waals surface area contributed by atoms with Gasteiger partial charge in [0, 0.05) is 24.6 Å². The van der Waals surface area contributed by atoms with Crippen LogP contribution in [-0.4, -0.2) is 20.3 Å². The van der Waals surface area contributed by atoms with Gasteiger partial charge in [0.1, 0.15) is 6.61 Å². The second kappa shape index (κ2) is 6.53. The van der Waals surface area contributed by atoms with Crippen LogP contribution in [0.5, 0.6) is 0 Å². The van der Waals surface area contributed by atoms with Gasteiger partial charge in [-0.3, -0.25) is 4.40 Å². The fraction of sp³-hybridized carbons (Fsp3) is 0.267. The lowest BCUT2D eigenvalue weighted by Gasteiger charge is -2.00. The molecule has 0 unspecified atom stereocenters. The van der Waals surface area contributed by atoms with Gasteiger partial charge in [-0.2, -0.15) is 4.99 Å². The molecule has 0 amide bonds. The van der Waals surface area contributed by atoms with Gasteiger partial charge >= 0.3 is 0 Å². The van der Waals surface area contributed by atoms with E-state index in [0.717, 1.165) is 18.5 Å². The van der Waals surface area contributed by atoms with Crippen molar-refractivity contribution >= 4 is 11.7 Å². The summed E-state index contributed by atoms with van der Waals surface area (Å²) in [5.41, 5.74) is 1.95. The number of rotatable bonds is 5. The number of nitrogens with zero attached hydrogens (tertiary/aromatic N) is 4. The summed E-state index contributed by atoms with van der Waals surface area (Å²) in [6, 6.07) is 2.16. The van der Waals surface area contributed by atoms with E-state index in [2.05, 4.69) is 34.5 Å². The second-order valence-electron chi connectivity index (χ2n) is 4.22. The third-order valence-corrected chi connectivity index (χ3v) is 2.67. The van der Waals surface area contributed by atoms with Crippen LogP contribution in [-0.2, 0) is 17.8 Å². The highest BCUT2D eigenvalue weighted by atomic mass is 16.5. The molecule has 102 valence electrons. The van der Waals surface area contributed by atoms with E-state index < -0.39 is 0 Å². The summed E-state index contributed by atoms with van der Waals surface area (Å²) < 4.78 is 7.31. The molecule has 0 aliphatic carbocycles. The summed E-state index contributed by atoms with van der Waals surface area (Å²) in [7, 11) is 0. The number of hydrogen-bond acceptors (Lipinski definition) is 4. The average Bonchev–Trinajstić information content (AvgIpc) is 2.86. The third kappa shape index (κ3) is 3.23. The van der Waals surface area contributed by atoms with Gasteiger partial charge in [0.2, 0.25) is 11.7 Å². The molecule has 0 bridgehead atoms. The highest BCUT2D eigenvalue weighted by Gasteiger charge is 2.05. The Morgan fingerprint density at radius 2 is 2.45 bits per heavy atom. The van der Waals surface area contributed by atoms with Crippen LogP contribution >= 0.6 is 0 Å². The van der Waals surface area contributed by atoms with Crippen molar-refractivity contribution in [3.63, 3.8) is 0 Å². The lowest BCUT2D eigenvalue weighted by Crippen LogP contribution is -2.01. The molecule has 0 fully saturated rings. The van der Waals surface area contributed by atoms with Gasteiger partial charge in [0.15, 0.2) is 0 Å². The van der Waals surface area contributed by atoms with Crippen LogP contribution in [0.1, 0.15) is 24.6 Å². The number of terminal acetylenes is 1. The van der Waals surface area contributed by atoms with Crippen LogP contribution in [0.2, 0.25) is 0 Å². The van der Waals surface area contributed by atoms with Gasteiger partial charge in [-0.05, 0) is 18.1 Å². The van der Waals surface area contributed by atoms with E-state index in [1.54, 1.807) is 0 Å². The Bertz CT molecular complexity index is 679. The molecular formula is C15H16N4O. The molecule has 0 aliphatic heterocycles. The quantitative estimate of drug-likeness (QED) is 0.475. The number of hydrogen-bond donors (Lipinski definition) is 0. The van der Waals surface area contributed by atoms with Crippen molar-refractivity contribution in [2.45, 2.75) is 26.4 Å². The van der Waals surface area contributed by atoms with E-state index in [4.69, 9.17) is 11.2 Å². The summed E-state index contributed by atoms with van der Waals surface area (Å²) in [4.78, 5) is 12.4. The van der Waals surface area contributed by atoms with Gasteiger partial charge in [-0.15, -0.1) is 0 Å². The smallest absolute Gasteiger partial charge is 0.234 e. The minimum absolute atomic E-state index is 0.277. The van der Waals surface area contributed by atoms with Crippen LogP contribution in [0.3, 0.4) is 0 Å². The Morgan fingerprint density at radius 3 is 3.15 bits per heavy atom. The maximum Gasteiger partial charge on any atom is 0.234 e. The summed E-state index contributed by atoms with van der Waals surface area (Å²) in [6.07, 6.45) is 14.4. The van der Waals surface area contributed by atoms with Crippen molar-refractivity contribution in [3.8, 4) is 12.5 Å². The molecule has 0 radical (unpaired) electrons. The SMILES string of the molecule is C#CN=C(C=C)OCc1cn2cc(CCC)cnc2n1. The minimum Gasteiger partial charge on any atom is -0.471 e. The molecule has 0 N–H and O–H groups in total. The fourth-order valence-electron chi connectivity index (χ4n) is 1.81. The van der Waals surface area contributed by atoms with Gasteiger partial charge in [-0.1, -0.05) is 26.3 Å². The van der Waals surface area contributed by atoms with Crippen LogP contribution in [0.25, 0.3) is 5.78 Å². The Kier molecular flexibility index (Phi) is 4.51. The van der Waals surface area contributed by atoms with E-state index in [1.165, 1.54) is 11.6 Å². The fourth-order valence-corrected chi connectivity index (χ4v) is 1.81. The maximum atomic E-state index is 5.41. The van der Waals surface area contributed by atoms with Crippen molar-refractivity contribution in [3.05, 3.63) is 42.5 Å². The van der Waals surface area contributed by atoms with Gasteiger partial charge in [-0.25, -0.2) is 9.97 Å². The standard InChI is InChI=1S/C15H16N4O/c1-4-7-12-8-17-15-18-13(10-19(15)9-12)11-20-14(5-2)16-6-3/h3,5,8-10H,2,4,7,11H2,1H3. The molecule has 0 saturated heterocycles. The average molecular weight is 268 g/mol. The molecule has 0 spiro atoms. The molecule has 0 aromatic carbocycles. The normalized spacial score (nSPS) is 11.3. The van der Waals surface area contributed by atoms with E-state index >= 15 is 0 Å². The minimum atomic E-state index is 0.277. The zero-order valence-corrected chi connectivity index (χ0v) is 11.4. The summed E-state index contributed by atoms with van der Waals surface area (Å²) in [5, 5.41) is 0. The monoisotopic (exact) mass is 268 g/mol. The van der Waals surface area contributed by atoms with Crippen LogP contribution in [0.4, 0.5) is 0 Å². The Hall–Kier alpha value is -2.61. The molecule has 2 aromatic rings. The molecule has 2 heterocycles. The lowest BCUT2D eigenvalue weighted by molar-refractivity contribution is 0.291. The Balaban J connectivity index is 2.14. The van der Waals surface area contributed by atoms with E-state index in [9.17, 15) is 0 Å². The number of imidazole rings is 1. The predicted octanol–water partition coefficient (Wildman–Crippen LogP) is 2.37. The van der Waals surface area contributed by atoms with E-state index in [0.29, 0.717) is 11.7 Å². The number of aromatic nitrogens is 3. The molecule has 0 aliphatic rings. The van der Waals surface area contributed by atoms with Gasteiger partial charge in [0.05, 0.1) is 5.69 Å². The zero-order chi connectivity index (χ0) is 14.4. The molecule has 5 nitrogen and oxygen atoms in total. The molecule has 2 aromatic heterocycles. The van der Waals surface area contributed by atoms with E-state index in [-0.39, 0.29) is 6.61 Å². The zero-order valence-electron chi connectivity index (χ0n) is 11.4. The molecule has 5 heteroatoms. The first-order valence-corrected chi connectivity index (χ1v) is 6.37. The van der Waals surface area contributed by atoms with Crippen molar-refractivity contribution in [2.24, 2.45) is 4.99 Å². The van der Waals surface area contributed by atoms with Crippen LogP contribution in [0.15, 0.2) is 36.2 Å². The highest BCUT2D eigenvalue weighted by molar-refractivity contribution is 5.87. The lowest BCUT2D eigenvalue weighted by atomic mass is 10.2. The van der Waals surface area contributed by atoms with Crippen LogP contribution < -0.4 is 0 Å². The summed E-state index contributed by atoms with van der Waals surface area (Å²) >= 11 is 0. The first-order chi connectivity index (χ1) is 9.76. The summed E-state index contributed by atoms with van der Waals surface area (Å²) in [5.74, 6) is 0.960. The molecule has 0 saturated carbocycles. The van der Waals surface area contributed by atoms with Crippen molar-refractivity contribution in [1.29, 1.82) is 0 Å². The predicted molar refractivity (Wildman–Crippen MR) is 78.2 cm³/mol. The molecule has 20 heavy (non-hydrogen) atoms. The largest absolute Gasteiger partial charge is 0.471 e. The van der Waals surface area contributed by atoms with Crippen molar-refractivity contribution in [2.75, 3.05) is 0 Å².